The number of aromatic nitrogens is 1. The van der Waals surface area contributed by atoms with E-state index >= 15 is 0 Å². The third-order valence-electron chi connectivity index (χ3n) is 2.21. The van der Waals surface area contributed by atoms with Gasteiger partial charge >= 0.3 is 0 Å². The first-order valence-corrected chi connectivity index (χ1v) is 5.72. The molecule has 17 heavy (non-hydrogen) atoms. The monoisotopic (exact) mass is 268 g/mol. The van der Waals surface area contributed by atoms with Gasteiger partial charge < -0.3 is 10.5 Å². The van der Waals surface area contributed by atoms with Gasteiger partial charge in [-0.25, -0.2) is 0 Å². The Bertz CT molecular complexity index is 532. The second-order valence-electron chi connectivity index (χ2n) is 3.37. The smallest absolute Gasteiger partial charge is 0.150 e. The van der Waals surface area contributed by atoms with Gasteiger partial charge in [-0.15, -0.1) is 0 Å². The molecule has 0 saturated heterocycles. The van der Waals surface area contributed by atoms with Gasteiger partial charge in [0.15, 0.2) is 0 Å². The van der Waals surface area contributed by atoms with Crippen LogP contribution in [-0.4, -0.2) is 4.98 Å². The number of pyridine rings is 1. The number of ether oxygens (including phenoxy) is 1. The molecule has 0 radical (unpaired) electrons. The maximum absolute atomic E-state index is 5.90. The fourth-order valence-corrected chi connectivity index (χ4v) is 1.62. The molecule has 2 aromatic rings. The quantitative estimate of drug-likeness (QED) is 0.925. The number of rotatable bonds is 3. The highest BCUT2D eigenvalue weighted by atomic mass is 35.5. The average molecular weight is 269 g/mol. The van der Waals surface area contributed by atoms with Gasteiger partial charge in [0.05, 0.1) is 16.2 Å². The molecule has 0 fully saturated rings. The fourth-order valence-electron chi connectivity index (χ4n) is 1.34. The molecule has 5 heteroatoms. The van der Waals surface area contributed by atoms with Gasteiger partial charge in [0.1, 0.15) is 11.5 Å². The van der Waals surface area contributed by atoms with Gasteiger partial charge in [0.25, 0.3) is 0 Å². The predicted octanol–water partition coefficient (Wildman–Crippen LogP) is 3.64. The van der Waals surface area contributed by atoms with Crippen molar-refractivity contribution in [3.8, 4) is 11.5 Å². The summed E-state index contributed by atoms with van der Waals surface area (Å²) in [6.45, 7) is 0.388. The van der Waals surface area contributed by atoms with E-state index in [0.717, 1.165) is 5.56 Å². The Labute approximate surface area is 109 Å². The average Bonchev–Trinajstić information content (AvgIpc) is 2.34. The summed E-state index contributed by atoms with van der Waals surface area (Å²) in [5.41, 5.74) is 6.48. The Balaban J connectivity index is 2.28. The summed E-state index contributed by atoms with van der Waals surface area (Å²) in [7, 11) is 0. The first-order chi connectivity index (χ1) is 8.20. The minimum atomic E-state index is 0.388. The molecule has 1 heterocycles. The van der Waals surface area contributed by atoms with Crippen LogP contribution in [-0.2, 0) is 6.54 Å². The normalized spacial score (nSPS) is 10.3. The van der Waals surface area contributed by atoms with E-state index in [0.29, 0.717) is 28.1 Å². The van der Waals surface area contributed by atoms with Crippen molar-refractivity contribution >= 4 is 23.2 Å². The zero-order chi connectivity index (χ0) is 12.3. The molecular weight excluding hydrogens is 259 g/mol. The number of benzene rings is 1. The van der Waals surface area contributed by atoms with E-state index in [-0.39, 0.29) is 0 Å². The zero-order valence-electron chi connectivity index (χ0n) is 8.86. The summed E-state index contributed by atoms with van der Waals surface area (Å²) in [6.07, 6.45) is 3.29. The van der Waals surface area contributed by atoms with Crippen molar-refractivity contribution in [1.29, 1.82) is 0 Å². The van der Waals surface area contributed by atoms with E-state index in [1.807, 2.05) is 6.07 Å². The van der Waals surface area contributed by atoms with Crippen molar-refractivity contribution in [1.82, 2.24) is 4.98 Å². The molecule has 1 aromatic carbocycles. The molecule has 0 aliphatic heterocycles. The Morgan fingerprint density at radius 1 is 1.18 bits per heavy atom. The lowest BCUT2D eigenvalue weighted by molar-refractivity contribution is 0.474. The lowest BCUT2D eigenvalue weighted by Crippen LogP contribution is -1.99. The highest BCUT2D eigenvalue weighted by molar-refractivity contribution is 6.42. The summed E-state index contributed by atoms with van der Waals surface area (Å²) in [5.74, 6) is 1.22. The van der Waals surface area contributed by atoms with E-state index in [2.05, 4.69) is 4.98 Å². The first kappa shape index (κ1) is 12.2. The summed E-state index contributed by atoms with van der Waals surface area (Å²) >= 11 is 11.7. The zero-order valence-corrected chi connectivity index (χ0v) is 10.4. The van der Waals surface area contributed by atoms with Gasteiger partial charge in [0.2, 0.25) is 0 Å². The van der Waals surface area contributed by atoms with Crippen molar-refractivity contribution in [3.63, 3.8) is 0 Å². The molecule has 0 aliphatic rings. The van der Waals surface area contributed by atoms with Gasteiger partial charge in [-0.3, -0.25) is 4.98 Å². The number of nitrogens with zero attached hydrogens (tertiary/aromatic N) is 1. The second-order valence-corrected chi connectivity index (χ2v) is 4.18. The third-order valence-corrected chi connectivity index (χ3v) is 2.95. The van der Waals surface area contributed by atoms with Crippen molar-refractivity contribution in [3.05, 3.63) is 52.3 Å². The molecule has 2 rings (SSSR count). The van der Waals surface area contributed by atoms with Crippen LogP contribution in [0.15, 0.2) is 36.7 Å². The molecule has 0 amide bonds. The molecule has 0 unspecified atom stereocenters. The second kappa shape index (κ2) is 5.36. The molecule has 0 saturated carbocycles. The minimum Gasteiger partial charge on any atom is -0.455 e. The Kier molecular flexibility index (Phi) is 3.84. The maximum atomic E-state index is 5.90. The summed E-state index contributed by atoms with van der Waals surface area (Å²) in [5, 5.41) is 0.937. The van der Waals surface area contributed by atoms with Crippen LogP contribution in [0.1, 0.15) is 5.56 Å². The first-order valence-electron chi connectivity index (χ1n) is 4.96. The predicted molar refractivity (Wildman–Crippen MR) is 68.7 cm³/mol. The van der Waals surface area contributed by atoms with Gasteiger partial charge in [-0.2, -0.15) is 0 Å². The van der Waals surface area contributed by atoms with Crippen LogP contribution >= 0.6 is 23.2 Å². The van der Waals surface area contributed by atoms with Crippen LogP contribution in [0.5, 0.6) is 11.5 Å². The van der Waals surface area contributed by atoms with Gasteiger partial charge in [-0.1, -0.05) is 23.2 Å². The standard InChI is InChI=1S/C12H10Cl2N2O/c13-10-2-1-9(5-11(10)14)17-12-7-16-4-3-8(12)6-15/h1-5,7H,6,15H2. The topological polar surface area (TPSA) is 48.1 Å². The van der Waals surface area contributed by atoms with Crippen LogP contribution in [0.3, 0.4) is 0 Å². The highest BCUT2D eigenvalue weighted by Crippen LogP contribution is 2.30. The summed E-state index contributed by atoms with van der Waals surface area (Å²) in [4.78, 5) is 3.99. The maximum Gasteiger partial charge on any atom is 0.150 e. The fraction of sp³-hybridized carbons (Fsp3) is 0.0833. The summed E-state index contributed by atoms with van der Waals surface area (Å²) in [6, 6.07) is 6.88. The van der Waals surface area contributed by atoms with Crippen molar-refractivity contribution < 1.29 is 4.74 Å². The highest BCUT2D eigenvalue weighted by Gasteiger charge is 2.05. The largest absolute Gasteiger partial charge is 0.455 e. The third kappa shape index (κ3) is 2.88. The van der Waals surface area contributed by atoms with E-state index in [9.17, 15) is 0 Å². The molecule has 0 aliphatic carbocycles. The van der Waals surface area contributed by atoms with Gasteiger partial charge in [-0.05, 0) is 18.2 Å². The van der Waals surface area contributed by atoms with Crippen molar-refractivity contribution in [2.75, 3.05) is 0 Å². The molecule has 0 spiro atoms. The molecule has 0 bridgehead atoms. The molecule has 88 valence electrons. The molecule has 2 N–H and O–H groups in total. The van der Waals surface area contributed by atoms with E-state index in [4.69, 9.17) is 33.7 Å². The van der Waals surface area contributed by atoms with Crippen LogP contribution in [0.2, 0.25) is 10.0 Å². The van der Waals surface area contributed by atoms with Crippen LogP contribution in [0, 0.1) is 0 Å². The molecule has 3 nitrogen and oxygen atoms in total. The Hall–Kier alpha value is -1.29. The SMILES string of the molecule is NCc1ccncc1Oc1ccc(Cl)c(Cl)c1. The van der Waals surface area contributed by atoms with Crippen molar-refractivity contribution in [2.45, 2.75) is 6.54 Å². The number of halogens is 2. The van der Waals surface area contributed by atoms with E-state index in [1.165, 1.54) is 0 Å². The molecule has 0 atom stereocenters. The Morgan fingerprint density at radius 3 is 2.71 bits per heavy atom. The van der Waals surface area contributed by atoms with Crippen LogP contribution < -0.4 is 10.5 Å². The lowest BCUT2D eigenvalue weighted by atomic mass is 10.2. The summed E-state index contributed by atoms with van der Waals surface area (Å²) < 4.78 is 5.65. The molecule has 1 aromatic heterocycles. The minimum absolute atomic E-state index is 0.388. The number of hydrogen-bond acceptors (Lipinski definition) is 3. The lowest BCUT2D eigenvalue weighted by Gasteiger charge is -2.09. The van der Waals surface area contributed by atoms with E-state index in [1.54, 1.807) is 30.6 Å². The number of hydrogen-bond donors (Lipinski definition) is 1. The van der Waals surface area contributed by atoms with E-state index < -0.39 is 0 Å². The molecular formula is C12H10Cl2N2O. The van der Waals surface area contributed by atoms with Crippen molar-refractivity contribution in [2.24, 2.45) is 5.73 Å². The Morgan fingerprint density at radius 2 is 2.00 bits per heavy atom. The van der Waals surface area contributed by atoms with Crippen LogP contribution in [0.25, 0.3) is 0 Å². The number of nitrogens with two attached hydrogens (primary N) is 1. The van der Waals surface area contributed by atoms with Crippen LogP contribution in [0.4, 0.5) is 0 Å². The van der Waals surface area contributed by atoms with Gasteiger partial charge in [0, 0.05) is 24.4 Å².